The maximum Gasteiger partial charge on any atom is 0.420 e. The quantitative estimate of drug-likeness (QED) is 0.851. The number of hydrogen-bond acceptors (Lipinski definition) is 5. The Morgan fingerprint density at radius 1 is 0.923 bits per heavy atom. The number of aliphatic carboxylic acids is 1. The van der Waals surface area contributed by atoms with Crippen molar-refractivity contribution in [2.24, 2.45) is 0 Å². The molecule has 0 heterocycles. The molecule has 0 saturated heterocycles. The summed E-state index contributed by atoms with van der Waals surface area (Å²) in [5.74, 6) is -1.16. The summed E-state index contributed by atoms with van der Waals surface area (Å²) in [5, 5.41) is 9.29. The van der Waals surface area contributed by atoms with Crippen LogP contribution in [0.4, 0.5) is 9.59 Å². The van der Waals surface area contributed by atoms with Gasteiger partial charge in [-0.3, -0.25) is 4.79 Å². The number of benzene rings is 1. The Morgan fingerprint density at radius 2 is 1.35 bits per heavy atom. The molecule has 0 aliphatic carbocycles. The molecule has 1 aromatic carbocycles. The highest BCUT2D eigenvalue weighted by Crippen LogP contribution is 2.28. The third-order valence-electron chi connectivity index (χ3n) is 3.04. The van der Waals surface area contributed by atoms with E-state index in [0.717, 1.165) is 4.90 Å². The van der Waals surface area contributed by atoms with E-state index in [4.69, 9.17) is 9.47 Å². The third-order valence-corrected chi connectivity index (χ3v) is 3.04. The summed E-state index contributed by atoms with van der Waals surface area (Å²) in [7, 11) is 0. The van der Waals surface area contributed by atoms with Crippen molar-refractivity contribution in [3.8, 4) is 0 Å². The van der Waals surface area contributed by atoms with Crippen LogP contribution in [0.25, 0.3) is 0 Å². The highest BCUT2D eigenvalue weighted by atomic mass is 16.6. The van der Waals surface area contributed by atoms with Crippen LogP contribution in [0.1, 0.15) is 59.6 Å². The fourth-order valence-corrected chi connectivity index (χ4v) is 2.15. The summed E-state index contributed by atoms with van der Waals surface area (Å²) in [5.41, 5.74) is -1.23. The fourth-order valence-electron chi connectivity index (χ4n) is 2.15. The van der Waals surface area contributed by atoms with E-state index in [-0.39, 0.29) is 0 Å². The lowest BCUT2D eigenvalue weighted by Crippen LogP contribution is -2.46. The van der Waals surface area contributed by atoms with Crippen LogP contribution in [0.5, 0.6) is 0 Å². The minimum atomic E-state index is -1.16. The van der Waals surface area contributed by atoms with Crippen LogP contribution < -0.4 is 0 Å². The highest BCUT2D eigenvalue weighted by Gasteiger charge is 2.38. The lowest BCUT2D eigenvalue weighted by molar-refractivity contribution is -0.138. The Labute approximate surface area is 153 Å². The predicted molar refractivity (Wildman–Crippen MR) is 95.7 cm³/mol. The number of carboxylic acids is 1. The van der Waals surface area contributed by atoms with Crippen LogP contribution in [-0.2, 0) is 14.3 Å². The Morgan fingerprint density at radius 3 is 1.69 bits per heavy atom. The summed E-state index contributed by atoms with van der Waals surface area (Å²) in [6.45, 7) is 9.96. The van der Waals surface area contributed by atoms with Crippen molar-refractivity contribution in [3.63, 3.8) is 0 Å². The van der Waals surface area contributed by atoms with E-state index in [0.29, 0.717) is 5.56 Å². The minimum absolute atomic E-state index is 0.470. The molecule has 1 unspecified atom stereocenters. The molecule has 0 fully saturated rings. The first kappa shape index (κ1) is 21.5. The lowest BCUT2D eigenvalue weighted by Gasteiger charge is -2.33. The first-order chi connectivity index (χ1) is 11.8. The van der Waals surface area contributed by atoms with Gasteiger partial charge in [0, 0.05) is 0 Å². The van der Waals surface area contributed by atoms with Gasteiger partial charge in [0.05, 0.1) is 12.5 Å². The molecule has 1 rings (SSSR count). The molecule has 7 heteroatoms. The molecule has 1 aromatic rings. The van der Waals surface area contributed by atoms with Crippen LogP contribution in [-0.4, -0.2) is 39.4 Å². The number of imide groups is 1. The third kappa shape index (κ3) is 7.13. The largest absolute Gasteiger partial charge is 0.481 e. The van der Waals surface area contributed by atoms with Gasteiger partial charge in [0.1, 0.15) is 11.2 Å². The van der Waals surface area contributed by atoms with Gasteiger partial charge in [0.2, 0.25) is 0 Å². The highest BCUT2D eigenvalue weighted by molar-refractivity contribution is 5.89. The second-order valence-electron chi connectivity index (χ2n) is 7.86. The van der Waals surface area contributed by atoms with E-state index in [1.807, 2.05) is 0 Å². The van der Waals surface area contributed by atoms with Gasteiger partial charge in [0.15, 0.2) is 0 Å². The number of carboxylic acid groups (broad SMARTS) is 1. The van der Waals surface area contributed by atoms with Gasteiger partial charge in [-0.1, -0.05) is 30.3 Å². The molecule has 144 valence electrons. The number of amides is 2. The van der Waals surface area contributed by atoms with Crippen molar-refractivity contribution < 1.29 is 29.0 Å². The smallest absolute Gasteiger partial charge is 0.420 e. The van der Waals surface area contributed by atoms with E-state index in [9.17, 15) is 19.5 Å². The molecule has 0 bridgehead atoms. The average molecular weight is 365 g/mol. The van der Waals surface area contributed by atoms with Crippen LogP contribution in [0.15, 0.2) is 30.3 Å². The Balaban J connectivity index is 3.34. The standard InChI is InChI=1S/C19H27NO6/c1-18(2,3)25-16(23)20(17(24)26-19(4,5)6)14(12-15(21)22)13-10-8-7-9-11-13/h7-11,14H,12H2,1-6H3,(H,21,22). The van der Waals surface area contributed by atoms with Gasteiger partial charge in [0.25, 0.3) is 0 Å². The van der Waals surface area contributed by atoms with Gasteiger partial charge >= 0.3 is 18.2 Å². The van der Waals surface area contributed by atoms with Gasteiger partial charge in [-0.25, -0.2) is 14.5 Å². The van der Waals surface area contributed by atoms with Crippen molar-refractivity contribution in [2.45, 2.75) is 65.2 Å². The molecule has 0 aliphatic heterocycles. The van der Waals surface area contributed by atoms with E-state index in [2.05, 4.69) is 0 Å². The van der Waals surface area contributed by atoms with E-state index < -0.39 is 41.8 Å². The van der Waals surface area contributed by atoms with Crippen molar-refractivity contribution >= 4 is 18.2 Å². The minimum Gasteiger partial charge on any atom is -0.481 e. The zero-order valence-electron chi connectivity index (χ0n) is 16.1. The summed E-state index contributed by atoms with van der Waals surface area (Å²) < 4.78 is 10.6. The molecule has 26 heavy (non-hydrogen) atoms. The van der Waals surface area contributed by atoms with Crippen molar-refractivity contribution in [1.29, 1.82) is 0 Å². The predicted octanol–water partition coefficient (Wildman–Crippen LogP) is 4.37. The monoisotopic (exact) mass is 365 g/mol. The second-order valence-corrected chi connectivity index (χ2v) is 7.86. The number of hydrogen-bond donors (Lipinski definition) is 1. The Hall–Kier alpha value is -2.57. The molecule has 1 atom stereocenters. The number of nitrogens with zero attached hydrogens (tertiary/aromatic N) is 1. The molecule has 1 N–H and O–H groups in total. The number of carbonyl (C=O) groups excluding carboxylic acids is 2. The fraction of sp³-hybridized carbons (Fsp3) is 0.526. The zero-order chi connectivity index (χ0) is 20.1. The van der Waals surface area contributed by atoms with Gasteiger partial charge < -0.3 is 14.6 Å². The number of rotatable bonds is 4. The topological polar surface area (TPSA) is 93.1 Å². The van der Waals surface area contributed by atoms with Crippen LogP contribution >= 0.6 is 0 Å². The van der Waals surface area contributed by atoms with Gasteiger partial charge in [-0.05, 0) is 47.1 Å². The van der Waals surface area contributed by atoms with Crippen molar-refractivity contribution in [3.05, 3.63) is 35.9 Å². The summed E-state index contributed by atoms with van der Waals surface area (Å²) >= 11 is 0. The van der Waals surface area contributed by atoms with Gasteiger partial charge in [-0.2, -0.15) is 0 Å². The van der Waals surface area contributed by atoms with Crippen molar-refractivity contribution in [2.75, 3.05) is 0 Å². The Kier molecular flexibility index (Phi) is 6.78. The molecule has 7 nitrogen and oxygen atoms in total. The molecule has 2 amide bonds. The molecule has 0 saturated carbocycles. The number of ether oxygens (including phenoxy) is 2. The van der Waals surface area contributed by atoms with Crippen LogP contribution in [0.3, 0.4) is 0 Å². The maximum absolute atomic E-state index is 12.7. The molecular formula is C19H27NO6. The molecule has 0 aromatic heterocycles. The molecule has 0 spiro atoms. The van der Waals surface area contributed by atoms with Gasteiger partial charge in [-0.15, -0.1) is 0 Å². The lowest BCUT2D eigenvalue weighted by atomic mass is 10.0. The van der Waals surface area contributed by atoms with E-state index >= 15 is 0 Å². The second kappa shape index (κ2) is 8.21. The zero-order valence-corrected chi connectivity index (χ0v) is 16.1. The first-order valence-corrected chi connectivity index (χ1v) is 8.32. The van der Waals surface area contributed by atoms with E-state index in [1.165, 1.54) is 0 Å². The average Bonchev–Trinajstić information content (AvgIpc) is 2.43. The molecule has 0 aliphatic rings. The maximum atomic E-state index is 12.7. The SMILES string of the molecule is CC(C)(C)OC(=O)N(C(=O)OC(C)(C)C)C(CC(=O)O)c1ccccc1. The molecule has 0 radical (unpaired) electrons. The number of carbonyl (C=O) groups is 3. The van der Waals surface area contributed by atoms with Crippen LogP contribution in [0.2, 0.25) is 0 Å². The van der Waals surface area contributed by atoms with E-state index in [1.54, 1.807) is 71.9 Å². The van der Waals surface area contributed by atoms with Crippen LogP contribution in [0, 0.1) is 0 Å². The summed E-state index contributed by atoms with van der Waals surface area (Å²) in [6.07, 6.45) is -2.38. The van der Waals surface area contributed by atoms with Crippen molar-refractivity contribution in [1.82, 2.24) is 4.90 Å². The first-order valence-electron chi connectivity index (χ1n) is 8.32. The Bertz CT molecular complexity index is 614. The molecular weight excluding hydrogens is 338 g/mol. The summed E-state index contributed by atoms with van der Waals surface area (Å²) in [6, 6.07) is 7.40. The summed E-state index contributed by atoms with van der Waals surface area (Å²) in [4.78, 5) is 37.5. The normalized spacial score (nSPS) is 12.8.